The number of rotatable bonds is 5. The van der Waals surface area contributed by atoms with Crippen molar-refractivity contribution in [1.29, 1.82) is 0 Å². The van der Waals surface area contributed by atoms with Crippen molar-refractivity contribution in [2.24, 2.45) is 13.0 Å². The van der Waals surface area contributed by atoms with Crippen LogP contribution in [0.2, 0.25) is 5.02 Å². The summed E-state index contributed by atoms with van der Waals surface area (Å²) in [6.45, 7) is 4.06. The Hall–Kier alpha value is -1.53. The summed E-state index contributed by atoms with van der Waals surface area (Å²) in [4.78, 5) is 14.0. The molecule has 23 heavy (non-hydrogen) atoms. The first-order chi connectivity index (χ1) is 10.8. The quantitative estimate of drug-likeness (QED) is 0.774. The monoisotopic (exact) mass is 352 g/mol. The molecule has 1 unspecified atom stereocenters. The maximum Gasteiger partial charge on any atom is 0.235 e. The maximum atomic E-state index is 12.4. The van der Waals surface area contributed by atoms with E-state index < -0.39 is 0 Å². The Bertz CT molecular complexity index is 699. The van der Waals surface area contributed by atoms with E-state index in [4.69, 9.17) is 11.6 Å². The molecule has 1 amide bonds. The van der Waals surface area contributed by atoms with Gasteiger partial charge in [0.25, 0.3) is 0 Å². The van der Waals surface area contributed by atoms with Crippen molar-refractivity contribution in [2.75, 3.05) is 14.1 Å². The van der Waals surface area contributed by atoms with E-state index in [0.717, 1.165) is 5.56 Å². The number of thioether (sulfide) groups is 1. The molecule has 2 rings (SSSR count). The van der Waals surface area contributed by atoms with E-state index >= 15 is 0 Å². The van der Waals surface area contributed by atoms with Crippen LogP contribution in [0.5, 0.6) is 0 Å². The highest BCUT2D eigenvalue weighted by Gasteiger charge is 2.27. The van der Waals surface area contributed by atoms with Gasteiger partial charge in [0.05, 0.1) is 10.3 Å². The number of halogens is 1. The molecule has 1 aromatic heterocycles. The van der Waals surface area contributed by atoms with Crippen LogP contribution in [-0.2, 0) is 11.8 Å². The van der Waals surface area contributed by atoms with Crippen LogP contribution in [0, 0.1) is 5.92 Å². The van der Waals surface area contributed by atoms with E-state index in [-0.39, 0.29) is 17.1 Å². The number of amides is 1. The Balaban J connectivity index is 2.32. The van der Waals surface area contributed by atoms with E-state index in [1.165, 1.54) is 11.8 Å². The summed E-state index contributed by atoms with van der Waals surface area (Å²) in [5, 5.41) is 9.62. The Morgan fingerprint density at radius 1 is 1.26 bits per heavy atom. The van der Waals surface area contributed by atoms with Crippen molar-refractivity contribution in [3.8, 4) is 11.4 Å². The van der Waals surface area contributed by atoms with Gasteiger partial charge in [0.15, 0.2) is 11.0 Å². The van der Waals surface area contributed by atoms with Crippen LogP contribution < -0.4 is 0 Å². The van der Waals surface area contributed by atoms with Crippen molar-refractivity contribution < 1.29 is 4.79 Å². The van der Waals surface area contributed by atoms with Gasteiger partial charge in [-0.3, -0.25) is 4.79 Å². The molecule has 0 aliphatic carbocycles. The average Bonchev–Trinajstić information content (AvgIpc) is 2.85. The Morgan fingerprint density at radius 3 is 2.48 bits per heavy atom. The maximum absolute atomic E-state index is 12.4. The zero-order chi connectivity index (χ0) is 17.1. The fourth-order valence-electron chi connectivity index (χ4n) is 2.13. The van der Waals surface area contributed by atoms with Crippen molar-refractivity contribution in [3.63, 3.8) is 0 Å². The van der Waals surface area contributed by atoms with Crippen molar-refractivity contribution >= 4 is 29.3 Å². The van der Waals surface area contributed by atoms with Crippen LogP contribution in [0.1, 0.15) is 13.8 Å². The summed E-state index contributed by atoms with van der Waals surface area (Å²) >= 11 is 7.68. The van der Waals surface area contributed by atoms with Gasteiger partial charge in [0.2, 0.25) is 5.91 Å². The summed E-state index contributed by atoms with van der Waals surface area (Å²) in [5.41, 5.74) is 0.830. The molecule has 0 fully saturated rings. The first kappa shape index (κ1) is 17.8. The molecule has 0 bridgehead atoms. The average molecular weight is 353 g/mol. The molecule has 0 N–H and O–H groups in total. The fraction of sp³-hybridized carbons (Fsp3) is 0.438. The van der Waals surface area contributed by atoms with Gasteiger partial charge < -0.3 is 9.47 Å². The van der Waals surface area contributed by atoms with Crippen molar-refractivity contribution in [2.45, 2.75) is 24.3 Å². The lowest BCUT2D eigenvalue weighted by molar-refractivity contribution is -0.128. The number of nitrogens with zero attached hydrogens (tertiary/aromatic N) is 4. The molecule has 5 nitrogen and oxygen atoms in total. The number of hydrogen-bond acceptors (Lipinski definition) is 4. The predicted octanol–water partition coefficient (Wildman–Crippen LogP) is 3.34. The van der Waals surface area contributed by atoms with Gasteiger partial charge in [0, 0.05) is 26.7 Å². The molecule has 0 aliphatic heterocycles. The van der Waals surface area contributed by atoms with Crippen LogP contribution in [0.4, 0.5) is 0 Å². The summed E-state index contributed by atoms with van der Waals surface area (Å²) in [5.74, 6) is 0.959. The largest absolute Gasteiger partial charge is 0.348 e. The minimum absolute atomic E-state index is 0.0762. The molecule has 1 heterocycles. The zero-order valence-corrected chi connectivity index (χ0v) is 15.5. The van der Waals surface area contributed by atoms with Crippen LogP contribution in [-0.4, -0.2) is 44.9 Å². The summed E-state index contributed by atoms with van der Waals surface area (Å²) in [6.07, 6.45) is 0. The van der Waals surface area contributed by atoms with Gasteiger partial charge in [-0.25, -0.2) is 0 Å². The molecular formula is C16H21ClN4OS. The van der Waals surface area contributed by atoms with E-state index in [9.17, 15) is 4.79 Å². The molecule has 1 atom stereocenters. The summed E-state index contributed by atoms with van der Waals surface area (Å²) in [6, 6.07) is 7.52. The van der Waals surface area contributed by atoms with Gasteiger partial charge in [-0.2, -0.15) is 0 Å². The van der Waals surface area contributed by atoms with Crippen LogP contribution in [0.25, 0.3) is 11.4 Å². The van der Waals surface area contributed by atoms with Gasteiger partial charge >= 0.3 is 0 Å². The highest BCUT2D eigenvalue weighted by Crippen LogP contribution is 2.32. The second kappa shape index (κ2) is 7.36. The minimum Gasteiger partial charge on any atom is -0.348 e. The first-order valence-corrected chi connectivity index (χ1v) is 8.60. The molecule has 124 valence electrons. The lowest BCUT2D eigenvalue weighted by Crippen LogP contribution is -2.35. The number of benzene rings is 1. The second-order valence-electron chi connectivity index (χ2n) is 5.86. The Kier molecular flexibility index (Phi) is 5.70. The third-order valence-electron chi connectivity index (χ3n) is 3.47. The van der Waals surface area contributed by atoms with E-state index in [0.29, 0.717) is 16.0 Å². The zero-order valence-electron chi connectivity index (χ0n) is 13.9. The van der Waals surface area contributed by atoms with Crippen LogP contribution >= 0.6 is 23.4 Å². The smallest absolute Gasteiger partial charge is 0.235 e. The standard InChI is InChI=1S/C16H21ClN4OS/c1-10(2)13(15(22)20(3)4)23-16-19-18-14(21(16)5)11-8-6-7-9-12(11)17/h6-10,13H,1-5H3. The Morgan fingerprint density at radius 2 is 1.91 bits per heavy atom. The fourth-order valence-corrected chi connectivity index (χ4v) is 3.50. The summed E-state index contributed by atoms with van der Waals surface area (Å²) < 4.78 is 1.88. The van der Waals surface area contributed by atoms with Crippen LogP contribution in [0.15, 0.2) is 29.4 Å². The second-order valence-corrected chi connectivity index (χ2v) is 7.38. The Labute approximate surface area is 146 Å². The molecule has 0 radical (unpaired) electrons. The third-order valence-corrected chi connectivity index (χ3v) is 5.37. The van der Waals surface area contributed by atoms with E-state index in [1.54, 1.807) is 19.0 Å². The first-order valence-electron chi connectivity index (χ1n) is 7.35. The van der Waals surface area contributed by atoms with Gasteiger partial charge in [-0.15, -0.1) is 10.2 Å². The van der Waals surface area contributed by atoms with Gasteiger partial charge in [0.1, 0.15) is 0 Å². The summed E-state index contributed by atoms with van der Waals surface area (Å²) in [7, 11) is 5.42. The molecule has 0 spiro atoms. The molecule has 1 aromatic carbocycles. The topological polar surface area (TPSA) is 51.0 Å². The molecule has 0 aliphatic rings. The molecule has 0 saturated carbocycles. The van der Waals surface area contributed by atoms with Crippen molar-refractivity contribution in [1.82, 2.24) is 19.7 Å². The predicted molar refractivity (Wildman–Crippen MR) is 94.6 cm³/mol. The van der Waals surface area contributed by atoms with E-state index in [2.05, 4.69) is 10.2 Å². The van der Waals surface area contributed by atoms with E-state index in [1.807, 2.05) is 49.7 Å². The minimum atomic E-state index is -0.202. The SMILES string of the molecule is CC(C)C(Sc1nnc(-c2ccccc2Cl)n1C)C(=O)N(C)C. The number of carbonyl (C=O) groups is 1. The molecule has 2 aromatic rings. The lowest BCUT2D eigenvalue weighted by atomic mass is 10.1. The van der Waals surface area contributed by atoms with Crippen molar-refractivity contribution in [3.05, 3.63) is 29.3 Å². The lowest BCUT2D eigenvalue weighted by Gasteiger charge is -2.22. The highest BCUT2D eigenvalue weighted by molar-refractivity contribution is 8.00. The number of hydrogen-bond donors (Lipinski definition) is 0. The van der Waals surface area contributed by atoms with Crippen LogP contribution in [0.3, 0.4) is 0 Å². The van der Waals surface area contributed by atoms with Gasteiger partial charge in [-0.05, 0) is 18.1 Å². The van der Waals surface area contributed by atoms with Gasteiger partial charge in [-0.1, -0.05) is 49.3 Å². The normalized spacial score (nSPS) is 12.5. The molecular weight excluding hydrogens is 332 g/mol. The third kappa shape index (κ3) is 3.87. The molecule has 0 saturated heterocycles. The highest BCUT2D eigenvalue weighted by atomic mass is 35.5. The molecule has 7 heteroatoms. The number of carbonyl (C=O) groups excluding carboxylic acids is 1. The number of aromatic nitrogens is 3.